The molecule has 0 saturated heterocycles. The maximum absolute atomic E-state index is 12.0. The number of ether oxygens (including phenoxy) is 1. The first kappa shape index (κ1) is 14.2. The van der Waals surface area contributed by atoms with Crippen molar-refractivity contribution in [3.05, 3.63) is 48.6 Å². The molecular formula is C15H18O3. The van der Waals surface area contributed by atoms with E-state index in [1.165, 1.54) is 13.0 Å². The third kappa shape index (κ3) is 3.29. The molecule has 1 unspecified atom stereocenters. The fourth-order valence-corrected chi connectivity index (χ4v) is 1.64. The van der Waals surface area contributed by atoms with E-state index < -0.39 is 11.4 Å². The zero-order valence-electron chi connectivity index (χ0n) is 10.8. The second kappa shape index (κ2) is 6.15. The molecule has 0 fully saturated rings. The SMILES string of the molecule is C=CCOC(=O)C(C)(Cc1ccccc1)C(C)=O. The van der Waals surface area contributed by atoms with E-state index in [1.54, 1.807) is 6.92 Å². The molecule has 96 valence electrons. The minimum atomic E-state index is -1.13. The van der Waals surface area contributed by atoms with Gasteiger partial charge in [-0.1, -0.05) is 43.0 Å². The van der Waals surface area contributed by atoms with Gasteiger partial charge >= 0.3 is 5.97 Å². The molecule has 0 aliphatic heterocycles. The number of carbonyl (C=O) groups is 2. The van der Waals surface area contributed by atoms with E-state index in [-0.39, 0.29) is 12.4 Å². The lowest BCUT2D eigenvalue weighted by Gasteiger charge is -2.24. The Bertz CT molecular complexity index is 436. The zero-order valence-corrected chi connectivity index (χ0v) is 10.8. The number of hydrogen-bond donors (Lipinski definition) is 0. The van der Waals surface area contributed by atoms with Crippen molar-refractivity contribution in [3.63, 3.8) is 0 Å². The van der Waals surface area contributed by atoms with Crippen LogP contribution in [-0.4, -0.2) is 18.4 Å². The summed E-state index contributed by atoms with van der Waals surface area (Å²) < 4.78 is 5.01. The molecule has 3 heteroatoms. The Labute approximate surface area is 107 Å². The first-order valence-electron chi connectivity index (χ1n) is 5.84. The van der Waals surface area contributed by atoms with Gasteiger partial charge in [0.1, 0.15) is 17.8 Å². The predicted molar refractivity (Wildman–Crippen MR) is 70.1 cm³/mol. The van der Waals surface area contributed by atoms with Crippen LogP contribution in [0.5, 0.6) is 0 Å². The second-order valence-electron chi connectivity index (χ2n) is 4.44. The van der Waals surface area contributed by atoms with Gasteiger partial charge in [0, 0.05) is 0 Å². The normalized spacial score (nSPS) is 13.4. The molecule has 18 heavy (non-hydrogen) atoms. The molecule has 1 rings (SSSR count). The fraction of sp³-hybridized carbons (Fsp3) is 0.333. The monoisotopic (exact) mass is 246 g/mol. The van der Waals surface area contributed by atoms with Gasteiger partial charge in [-0.25, -0.2) is 0 Å². The molecule has 1 atom stereocenters. The molecule has 1 aromatic rings. The molecule has 0 aliphatic carbocycles. The molecule has 0 amide bonds. The lowest BCUT2D eigenvalue weighted by Crippen LogP contribution is -2.38. The Morgan fingerprint density at radius 1 is 1.33 bits per heavy atom. The van der Waals surface area contributed by atoms with Crippen molar-refractivity contribution < 1.29 is 14.3 Å². The fourth-order valence-electron chi connectivity index (χ4n) is 1.64. The minimum Gasteiger partial charge on any atom is -0.461 e. The summed E-state index contributed by atoms with van der Waals surface area (Å²) in [6, 6.07) is 9.44. The van der Waals surface area contributed by atoms with Crippen LogP contribution in [0.4, 0.5) is 0 Å². The largest absolute Gasteiger partial charge is 0.461 e. The van der Waals surface area contributed by atoms with Crippen LogP contribution < -0.4 is 0 Å². The average molecular weight is 246 g/mol. The van der Waals surface area contributed by atoms with Gasteiger partial charge in [0.2, 0.25) is 0 Å². The van der Waals surface area contributed by atoms with Gasteiger partial charge in [-0.2, -0.15) is 0 Å². The van der Waals surface area contributed by atoms with Gasteiger partial charge < -0.3 is 4.74 Å². The van der Waals surface area contributed by atoms with Crippen molar-refractivity contribution in [3.8, 4) is 0 Å². The molecule has 0 bridgehead atoms. The number of hydrogen-bond acceptors (Lipinski definition) is 3. The van der Waals surface area contributed by atoms with E-state index in [1.807, 2.05) is 30.3 Å². The summed E-state index contributed by atoms with van der Waals surface area (Å²) in [5, 5.41) is 0. The molecule has 0 heterocycles. The Balaban J connectivity index is 2.90. The molecule has 0 N–H and O–H groups in total. The summed E-state index contributed by atoms with van der Waals surface area (Å²) in [5.74, 6) is -0.695. The first-order chi connectivity index (χ1) is 8.50. The number of ketones is 1. The van der Waals surface area contributed by atoms with Crippen molar-refractivity contribution in [2.75, 3.05) is 6.61 Å². The summed E-state index contributed by atoms with van der Waals surface area (Å²) in [4.78, 5) is 23.7. The van der Waals surface area contributed by atoms with E-state index in [4.69, 9.17) is 4.74 Å². The van der Waals surface area contributed by atoms with Gasteiger partial charge in [-0.3, -0.25) is 9.59 Å². The number of esters is 1. The molecular weight excluding hydrogens is 228 g/mol. The Morgan fingerprint density at radius 2 is 1.94 bits per heavy atom. The van der Waals surface area contributed by atoms with Gasteiger partial charge in [0.15, 0.2) is 0 Å². The quantitative estimate of drug-likeness (QED) is 0.440. The van der Waals surface area contributed by atoms with E-state index in [0.29, 0.717) is 6.42 Å². The van der Waals surface area contributed by atoms with Gasteiger partial charge in [-0.15, -0.1) is 0 Å². The second-order valence-corrected chi connectivity index (χ2v) is 4.44. The van der Waals surface area contributed by atoms with Crippen LogP contribution in [0.25, 0.3) is 0 Å². The van der Waals surface area contributed by atoms with Crippen molar-refractivity contribution in [2.45, 2.75) is 20.3 Å². The molecule has 3 nitrogen and oxygen atoms in total. The molecule has 0 aliphatic rings. The van der Waals surface area contributed by atoms with Crippen LogP contribution in [-0.2, 0) is 20.7 Å². The minimum absolute atomic E-state index is 0.122. The zero-order chi connectivity index (χ0) is 13.6. The predicted octanol–water partition coefficient (Wildman–Crippen LogP) is 2.55. The average Bonchev–Trinajstić information content (AvgIpc) is 2.36. The van der Waals surface area contributed by atoms with Crippen molar-refractivity contribution in [2.24, 2.45) is 5.41 Å². The van der Waals surface area contributed by atoms with Crippen LogP contribution in [0.2, 0.25) is 0 Å². The third-order valence-corrected chi connectivity index (χ3v) is 2.96. The van der Waals surface area contributed by atoms with Crippen LogP contribution in [0, 0.1) is 5.41 Å². The summed E-state index contributed by atoms with van der Waals surface area (Å²) in [6.07, 6.45) is 1.83. The summed E-state index contributed by atoms with van der Waals surface area (Å²) in [5.41, 5.74) is -0.199. The molecule has 1 aromatic carbocycles. The number of Topliss-reactive ketones (excluding diaryl/α,β-unsaturated/α-hetero) is 1. The summed E-state index contributed by atoms with van der Waals surface area (Å²) >= 11 is 0. The van der Waals surface area contributed by atoms with Gasteiger partial charge in [0.05, 0.1) is 0 Å². The Morgan fingerprint density at radius 3 is 2.44 bits per heavy atom. The molecule has 0 spiro atoms. The Kier molecular flexibility index (Phi) is 4.84. The smallest absolute Gasteiger partial charge is 0.319 e. The Hall–Kier alpha value is -1.90. The van der Waals surface area contributed by atoms with E-state index >= 15 is 0 Å². The van der Waals surface area contributed by atoms with Crippen LogP contribution in [0.15, 0.2) is 43.0 Å². The number of benzene rings is 1. The van der Waals surface area contributed by atoms with E-state index in [9.17, 15) is 9.59 Å². The lowest BCUT2D eigenvalue weighted by molar-refractivity contribution is -0.157. The molecule has 0 saturated carbocycles. The van der Waals surface area contributed by atoms with Gasteiger partial charge in [0.25, 0.3) is 0 Å². The highest BCUT2D eigenvalue weighted by atomic mass is 16.5. The van der Waals surface area contributed by atoms with Crippen LogP contribution >= 0.6 is 0 Å². The molecule has 0 aromatic heterocycles. The summed E-state index contributed by atoms with van der Waals surface area (Å²) in [6.45, 7) is 6.64. The number of carbonyl (C=O) groups excluding carboxylic acids is 2. The number of rotatable bonds is 6. The van der Waals surface area contributed by atoms with Crippen molar-refractivity contribution >= 4 is 11.8 Å². The van der Waals surface area contributed by atoms with Gasteiger partial charge in [-0.05, 0) is 25.8 Å². The highest BCUT2D eigenvalue weighted by Gasteiger charge is 2.39. The van der Waals surface area contributed by atoms with E-state index in [2.05, 4.69) is 6.58 Å². The van der Waals surface area contributed by atoms with Crippen LogP contribution in [0.3, 0.4) is 0 Å². The maximum Gasteiger partial charge on any atom is 0.319 e. The van der Waals surface area contributed by atoms with Crippen LogP contribution in [0.1, 0.15) is 19.4 Å². The topological polar surface area (TPSA) is 43.4 Å². The lowest BCUT2D eigenvalue weighted by atomic mass is 9.80. The third-order valence-electron chi connectivity index (χ3n) is 2.96. The van der Waals surface area contributed by atoms with Crippen molar-refractivity contribution in [1.82, 2.24) is 0 Å². The first-order valence-corrected chi connectivity index (χ1v) is 5.84. The highest BCUT2D eigenvalue weighted by molar-refractivity contribution is 6.02. The maximum atomic E-state index is 12.0. The highest BCUT2D eigenvalue weighted by Crippen LogP contribution is 2.25. The van der Waals surface area contributed by atoms with E-state index in [0.717, 1.165) is 5.56 Å². The van der Waals surface area contributed by atoms with Crippen molar-refractivity contribution in [1.29, 1.82) is 0 Å². The standard InChI is InChI=1S/C15H18O3/c1-4-10-18-14(17)15(3,12(2)16)11-13-8-6-5-7-9-13/h4-9H,1,10-11H2,2-3H3. The summed E-state index contributed by atoms with van der Waals surface area (Å²) in [7, 11) is 0. The molecule has 0 radical (unpaired) electrons.